The van der Waals surface area contributed by atoms with Gasteiger partial charge >= 0.3 is 6.18 Å². The van der Waals surface area contributed by atoms with Crippen LogP contribution in [0.25, 0.3) is 11.3 Å². The van der Waals surface area contributed by atoms with Crippen molar-refractivity contribution in [2.24, 2.45) is 5.92 Å². The van der Waals surface area contributed by atoms with Crippen LogP contribution in [0.2, 0.25) is 0 Å². The molecule has 6 nitrogen and oxygen atoms in total. The summed E-state index contributed by atoms with van der Waals surface area (Å²) in [7, 11) is 0. The van der Waals surface area contributed by atoms with Crippen molar-refractivity contribution >= 4 is 5.91 Å². The van der Waals surface area contributed by atoms with E-state index in [4.69, 9.17) is 4.74 Å². The van der Waals surface area contributed by atoms with Crippen molar-refractivity contribution in [1.82, 2.24) is 19.9 Å². The number of rotatable bonds is 4. The molecule has 0 N–H and O–H groups in total. The van der Waals surface area contributed by atoms with Gasteiger partial charge < -0.3 is 9.64 Å². The van der Waals surface area contributed by atoms with E-state index < -0.39 is 11.7 Å². The van der Waals surface area contributed by atoms with Gasteiger partial charge in [-0.2, -0.15) is 13.2 Å². The summed E-state index contributed by atoms with van der Waals surface area (Å²) < 4.78 is 44.6. The Morgan fingerprint density at radius 1 is 1.06 bits per heavy atom. The molecule has 1 aliphatic carbocycles. The predicted molar refractivity (Wildman–Crippen MR) is 118 cm³/mol. The molecule has 3 aliphatic rings. The second-order valence-electron chi connectivity index (χ2n) is 8.81. The Labute approximate surface area is 194 Å². The minimum Gasteiger partial charge on any atom is -0.472 e. The first-order valence-corrected chi connectivity index (χ1v) is 11.2. The summed E-state index contributed by atoms with van der Waals surface area (Å²) in [4.78, 5) is 28.2. The van der Waals surface area contributed by atoms with Gasteiger partial charge in [-0.15, -0.1) is 0 Å². The average Bonchev–Trinajstić information content (AvgIpc) is 2.84. The monoisotopic (exact) mass is 468 g/mol. The minimum absolute atomic E-state index is 0.126. The maximum atomic E-state index is 13.7. The molecule has 3 unspecified atom stereocenters. The third-order valence-electron chi connectivity index (χ3n) is 6.60. The molecule has 2 bridgehead atoms. The average molecular weight is 468 g/mol. The number of amides is 1. The van der Waals surface area contributed by atoms with Gasteiger partial charge in [0.15, 0.2) is 0 Å². The molecule has 1 amide bonds. The van der Waals surface area contributed by atoms with Crippen molar-refractivity contribution in [1.29, 1.82) is 0 Å². The zero-order valence-electron chi connectivity index (χ0n) is 18.5. The lowest BCUT2D eigenvalue weighted by Gasteiger charge is -2.49. The van der Waals surface area contributed by atoms with Crippen molar-refractivity contribution < 1.29 is 22.7 Å². The highest BCUT2D eigenvalue weighted by Gasteiger charge is 2.45. The summed E-state index contributed by atoms with van der Waals surface area (Å²) in [5, 5.41) is 0. The summed E-state index contributed by atoms with van der Waals surface area (Å²) in [6.45, 7) is 2.52. The van der Waals surface area contributed by atoms with Crippen molar-refractivity contribution in [2.45, 2.75) is 44.5 Å². The standard InChI is InChI=1S/C25H23F3N4O2/c1-15-9-11-30-23(22(15)18-4-2-3-10-29-18)24(33)32-14-16-5-7-19(32)20(12-16)34-21-8-6-17(13-31-21)25(26,27)28/h2-4,6,8-11,13,16,19-20H,5,7,12,14H2,1H3. The molecule has 2 aliphatic heterocycles. The molecule has 6 rings (SSSR count). The van der Waals surface area contributed by atoms with Gasteiger partial charge in [-0.25, -0.2) is 4.98 Å². The molecule has 3 fully saturated rings. The topological polar surface area (TPSA) is 68.2 Å². The van der Waals surface area contributed by atoms with Crippen LogP contribution in [-0.2, 0) is 6.18 Å². The molecule has 176 valence electrons. The van der Waals surface area contributed by atoms with Crippen LogP contribution >= 0.6 is 0 Å². The van der Waals surface area contributed by atoms with Crippen molar-refractivity contribution in [2.75, 3.05) is 6.54 Å². The van der Waals surface area contributed by atoms with Crippen LogP contribution in [0.15, 0.2) is 55.0 Å². The van der Waals surface area contributed by atoms with Crippen LogP contribution in [-0.4, -0.2) is 44.4 Å². The number of aryl methyl sites for hydroxylation is 1. The van der Waals surface area contributed by atoms with E-state index >= 15 is 0 Å². The van der Waals surface area contributed by atoms with Gasteiger partial charge in [-0.1, -0.05) is 6.07 Å². The molecule has 0 spiro atoms. The van der Waals surface area contributed by atoms with Gasteiger partial charge in [0, 0.05) is 36.8 Å². The van der Waals surface area contributed by atoms with Crippen LogP contribution in [0.4, 0.5) is 13.2 Å². The first kappa shape index (κ1) is 22.3. The molecule has 3 aromatic heterocycles. The first-order chi connectivity index (χ1) is 16.3. The molecular weight excluding hydrogens is 445 g/mol. The number of fused-ring (bicyclic) bond motifs is 3. The smallest absolute Gasteiger partial charge is 0.417 e. The number of pyridine rings is 3. The van der Waals surface area contributed by atoms with Crippen LogP contribution in [0.3, 0.4) is 0 Å². The van der Waals surface area contributed by atoms with E-state index in [9.17, 15) is 18.0 Å². The Bertz CT molecular complexity index is 1190. The number of hydrogen-bond donors (Lipinski definition) is 0. The maximum Gasteiger partial charge on any atom is 0.417 e. The fraction of sp³-hybridized carbons (Fsp3) is 0.360. The summed E-state index contributed by atoms with van der Waals surface area (Å²) in [5.41, 5.74) is 1.81. The number of piperidine rings is 2. The zero-order valence-corrected chi connectivity index (χ0v) is 18.5. The first-order valence-electron chi connectivity index (χ1n) is 11.2. The van der Waals surface area contributed by atoms with E-state index in [0.29, 0.717) is 23.5 Å². The van der Waals surface area contributed by atoms with E-state index in [1.54, 1.807) is 17.3 Å². The van der Waals surface area contributed by atoms with E-state index in [2.05, 4.69) is 15.0 Å². The van der Waals surface area contributed by atoms with Crippen LogP contribution in [0.5, 0.6) is 5.88 Å². The summed E-state index contributed by atoms with van der Waals surface area (Å²) in [6, 6.07) is 9.38. The van der Waals surface area contributed by atoms with Gasteiger partial charge in [0.2, 0.25) is 5.88 Å². The highest BCUT2D eigenvalue weighted by atomic mass is 19.4. The lowest BCUT2D eigenvalue weighted by Crippen LogP contribution is -2.59. The normalized spacial score (nSPS) is 22.0. The molecule has 3 atom stereocenters. The highest BCUT2D eigenvalue weighted by Crippen LogP contribution is 2.39. The molecule has 3 aromatic rings. The van der Waals surface area contributed by atoms with Crippen molar-refractivity contribution in [3.05, 3.63) is 71.8 Å². The number of aromatic nitrogens is 3. The Kier molecular flexibility index (Phi) is 5.71. The van der Waals surface area contributed by atoms with Gasteiger partial charge in [-0.3, -0.25) is 14.8 Å². The molecule has 0 radical (unpaired) electrons. The number of carbonyl (C=O) groups is 1. The second kappa shape index (κ2) is 8.70. The van der Waals surface area contributed by atoms with Gasteiger partial charge in [0.1, 0.15) is 11.8 Å². The second-order valence-corrected chi connectivity index (χ2v) is 8.81. The van der Waals surface area contributed by atoms with Gasteiger partial charge in [0.05, 0.1) is 17.3 Å². The molecule has 1 saturated carbocycles. The molecule has 5 heterocycles. The van der Waals surface area contributed by atoms with Crippen LogP contribution in [0, 0.1) is 12.8 Å². The maximum absolute atomic E-state index is 13.7. The largest absolute Gasteiger partial charge is 0.472 e. The van der Waals surface area contributed by atoms with E-state index in [1.165, 1.54) is 6.07 Å². The Morgan fingerprint density at radius 3 is 2.59 bits per heavy atom. The number of nitrogens with zero attached hydrogens (tertiary/aromatic N) is 4. The molecule has 34 heavy (non-hydrogen) atoms. The van der Waals surface area contributed by atoms with E-state index in [-0.39, 0.29) is 29.9 Å². The third kappa shape index (κ3) is 4.22. The lowest BCUT2D eigenvalue weighted by molar-refractivity contribution is -0.137. The molecule has 2 saturated heterocycles. The van der Waals surface area contributed by atoms with Crippen molar-refractivity contribution in [3.8, 4) is 17.1 Å². The summed E-state index contributed by atoms with van der Waals surface area (Å²) >= 11 is 0. The predicted octanol–water partition coefficient (Wildman–Crippen LogP) is 4.94. The van der Waals surface area contributed by atoms with Crippen LogP contribution in [0.1, 0.15) is 40.9 Å². The number of hydrogen-bond acceptors (Lipinski definition) is 5. The quantitative estimate of drug-likeness (QED) is 0.543. The highest BCUT2D eigenvalue weighted by molar-refractivity contribution is 5.99. The fourth-order valence-corrected chi connectivity index (χ4v) is 4.96. The number of halogens is 3. The van der Waals surface area contributed by atoms with Gasteiger partial charge in [0.25, 0.3) is 5.91 Å². The molecule has 0 aromatic carbocycles. The fourth-order valence-electron chi connectivity index (χ4n) is 4.96. The lowest BCUT2D eigenvalue weighted by atomic mass is 9.77. The molecular formula is C25H23F3N4O2. The number of ether oxygens (including phenoxy) is 1. The Balaban J connectivity index is 1.40. The minimum atomic E-state index is -4.45. The van der Waals surface area contributed by atoms with Crippen LogP contribution < -0.4 is 4.74 Å². The number of carbonyl (C=O) groups excluding carboxylic acids is 1. The van der Waals surface area contributed by atoms with E-state index in [0.717, 1.165) is 37.1 Å². The summed E-state index contributed by atoms with van der Waals surface area (Å²) in [6.07, 6.45) is 1.74. The van der Waals surface area contributed by atoms with Gasteiger partial charge in [-0.05, 0) is 61.9 Å². The zero-order chi connectivity index (χ0) is 23.9. The number of alkyl halides is 3. The molecule has 9 heteroatoms. The van der Waals surface area contributed by atoms with E-state index in [1.807, 2.05) is 31.2 Å². The Morgan fingerprint density at radius 2 is 1.91 bits per heavy atom. The SMILES string of the molecule is Cc1ccnc(C(=O)N2CC3CCC2C(Oc2ccc(C(F)(F)F)cn2)C3)c1-c1ccccn1. The summed E-state index contributed by atoms with van der Waals surface area (Å²) in [5.74, 6) is 0.185. The Hall–Kier alpha value is -3.49. The van der Waals surface area contributed by atoms with Crippen molar-refractivity contribution in [3.63, 3.8) is 0 Å². The third-order valence-corrected chi connectivity index (χ3v) is 6.60.